The third-order valence-electron chi connectivity index (χ3n) is 2.41. The van der Waals surface area contributed by atoms with E-state index in [9.17, 15) is 8.42 Å². The van der Waals surface area contributed by atoms with Crippen molar-refractivity contribution in [1.82, 2.24) is 4.98 Å². The number of rotatable bonds is 5. The Balaban J connectivity index is 2.06. The Labute approximate surface area is 115 Å². The Bertz CT molecular complexity index is 653. The molecule has 0 amide bonds. The molecule has 1 heterocycles. The van der Waals surface area contributed by atoms with Gasteiger partial charge in [0, 0.05) is 35.9 Å². The first-order valence-corrected chi connectivity index (χ1v) is 7.93. The Hall–Kier alpha value is -1.64. The van der Waals surface area contributed by atoms with E-state index in [0.717, 1.165) is 11.4 Å². The smallest absolute Gasteiger partial charge is 0.238 e. The molecule has 0 radical (unpaired) electrons. The van der Waals surface area contributed by atoms with Crippen molar-refractivity contribution in [2.24, 2.45) is 5.14 Å². The normalized spacial score (nSPS) is 11.4. The summed E-state index contributed by atoms with van der Waals surface area (Å²) in [4.78, 5) is 4.16. The zero-order chi connectivity index (χ0) is 13.9. The van der Waals surface area contributed by atoms with Gasteiger partial charge in [-0.05, 0) is 18.2 Å². The molecule has 0 spiro atoms. The zero-order valence-electron chi connectivity index (χ0n) is 10.0. The highest BCUT2D eigenvalue weighted by Crippen LogP contribution is 2.19. The van der Waals surface area contributed by atoms with Crippen LogP contribution in [-0.2, 0) is 16.4 Å². The first kappa shape index (κ1) is 13.8. The third-order valence-corrected chi connectivity index (χ3v) is 4.14. The minimum atomic E-state index is -3.75. The van der Waals surface area contributed by atoms with E-state index >= 15 is 0 Å². The monoisotopic (exact) mass is 298 g/mol. The van der Waals surface area contributed by atoms with Crippen LogP contribution in [0.25, 0.3) is 0 Å². The SMILES string of the molecule is Nc1cc(NCCc2nccs2)cc(S(N)(=O)=O)c1. The molecule has 1 aromatic carbocycles. The number of aromatic nitrogens is 1. The number of nitrogens with one attached hydrogen (secondary N) is 1. The van der Waals surface area contributed by atoms with Gasteiger partial charge in [-0.2, -0.15) is 0 Å². The molecule has 0 atom stereocenters. The van der Waals surface area contributed by atoms with Crippen LogP contribution >= 0.6 is 11.3 Å². The highest BCUT2D eigenvalue weighted by molar-refractivity contribution is 7.89. The van der Waals surface area contributed by atoms with Crippen molar-refractivity contribution >= 4 is 32.7 Å². The van der Waals surface area contributed by atoms with E-state index in [0.29, 0.717) is 17.9 Å². The number of primary sulfonamides is 1. The molecule has 5 N–H and O–H groups in total. The molecule has 19 heavy (non-hydrogen) atoms. The second kappa shape index (κ2) is 5.55. The first-order chi connectivity index (χ1) is 8.95. The molecule has 0 aliphatic heterocycles. The van der Waals surface area contributed by atoms with Crippen LogP contribution in [0.15, 0.2) is 34.7 Å². The predicted octanol–water partition coefficient (Wildman–Crippen LogP) is 1.03. The third kappa shape index (κ3) is 3.91. The fourth-order valence-electron chi connectivity index (χ4n) is 1.58. The predicted molar refractivity (Wildman–Crippen MR) is 76.5 cm³/mol. The van der Waals surface area contributed by atoms with Gasteiger partial charge in [0.1, 0.15) is 0 Å². The van der Waals surface area contributed by atoms with E-state index in [1.165, 1.54) is 12.1 Å². The molecule has 2 rings (SSSR count). The fourth-order valence-corrected chi connectivity index (χ4v) is 2.79. The van der Waals surface area contributed by atoms with Crippen LogP contribution in [0.2, 0.25) is 0 Å². The number of nitrogens with two attached hydrogens (primary N) is 2. The first-order valence-electron chi connectivity index (χ1n) is 5.51. The number of nitrogen functional groups attached to an aromatic ring is 1. The van der Waals surface area contributed by atoms with Crippen molar-refractivity contribution < 1.29 is 8.42 Å². The van der Waals surface area contributed by atoms with Crippen molar-refractivity contribution in [3.63, 3.8) is 0 Å². The topological polar surface area (TPSA) is 111 Å². The molecule has 0 fully saturated rings. The van der Waals surface area contributed by atoms with E-state index in [1.54, 1.807) is 23.6 Å². The van der Waals surface area contributed by atoms with Crippen LogP contribution in [0.5, 0.6) is 0 Å². The summed E-state index contributed by atoms with van der Waals surface area (Å²) in [6, 6.07) is 4.46. The maximum atomic E-state index is 11.3. The Morgan fingerprint density at radius 3 is 2.74 bits per heavy atom. The minimum Gasteiger partial charge on any atom is -0.399 e. The Morgan fingerprint density at radius 2 is 2.11 bits per heavy atom. The molecule has 0 bridgehead atoms. The lowest BCUT2D eigenvalue weighted by atomic mass is 10.2. The molecule has 0 aliphatic rings. The number of sulfonamides is 1. The van der Waals surface area contributed by atoms with E-state index < -0.39 is 10.0 Å². The second-order valence-electron chi connectivity index (χ2n) is 3.94. The van der Waals surface area contributed by atoms with Gasteiger partial charge in [0.15, 0.2) is 0 Å². The van der Waals surface area contributed by atoms with E-state index in [4.69, 9.17) is 10.9 Å². The van der Waals surface area contributed by atoms with Crippen LogP contribution in [0.3, 0.4) is 0 Å². The Morgan fingerprint density at radius 1 is 1.32 bits per heavy atom. The minimum absolute atomic E-state index is 0.00393. The van der Waals surface area contributed by atoms with Crippen molar-refractivity contribution in [1.29, 1.82) is 0 Å². The van der Waals surface area contributed by atoms with E-state index in [1.807, 2.05) is 5.38 Å². The van der Waals surface area contributed by atoms with Crippen LogP contribution in [0.1, 0.15) is 5.01 Å². The summed E-state index contributed by atoms with van der Waals surface area (Å²) in [5.41, 5.74) is 6.63. The number of anilines is 2. The molecule has 6 nitrogen and oxygen atoms in total. The molecule has 102 valence electrons. The number of hydrogen-bond acceptors (Lipinski definition) is 6. The number of hydrogen-bond donors (Lipinski definition) is 3. The van der Waals surface area contributed by atoms with Gasteiger partial charge in [-0.1, -0.05) is 0 Å². The maximum absolute atomic E-state index is 11.3. The summed E-state index contributed by atoms with van der Waals surface area (Å²) in [6.07, 6.45) is 2.51. The van der Waals surface area contributed by atoms with Crippen molar-refractivity contribution in [3.8, 4) is 0 Å². The largest absolute Gasteiger partial charge is 0.399 e. The molecule has 0 unspecified atom stereocenters. The van der Waals surface area contributed by atoms with E-state index in [-0.39, 0.29) is 4.90 Å². The summed E-state index contributed by atoms with van der Waals surface area (Å²) in [7, 11) is -3.75. The summed E-state index contributed by atoms with van der Waals surface area (Å²) in [5.74, 6) is 0. The second-order valence-corrected chi connectivity index (χ2v) is 6.48. The lowest BCUT2D eigenvalue weighted by molar-refractivity contribution is 0.598. The van der Waals surface area contributed by atoms with Gasteiger partial charge in [-0.3, -0.25) is 0 Å². The lowest BCUT2D eigenvalue weighted by Crippen LogP contribution is -2.13. The molecule has 1 aromatic heterocycles. The molecule has 0 saturated heterocycles. The number of nitrogens with zero attached hydrogens (tertiary/aromatic N) is 1. The van der Waals surface area contributed by atoms with Gasteiger partial charge in [-0.25, -0.2) is 18.5 Å². The van der Waals surface area contributed by atoms with Crippen molar-refractivity contribution in [2.45, 2.75) is 11.3 Å². The quantitative estimate of drug-likeness (QED) is 0.714. The highest BCUT2D eigenvalue weighted by Gasteiger charge is 2.09. The average Bonchev–Trinajstić information content (AvgIpc) is 2.80. The van der Waals surface area contributed by atoms with Crippen LogP contribution in [0.4, 0.5) is 11.4 Å². The zero-order valence-corrected chi connectivity index (χ0v) is 11.7. The van der Waals surface area contributed by atoms with Crippen LogP contribution < -0.4 is 16.2 Å². The number of benzene rings is 1. The summed E-state index contributed by atoms with van der Waals surface area (Å²) in [5, 5.41) is 11.1. The summed E-state index contributed by atoms with van der Waals surface area (Å²) in [6.45, 7) is 0.640. The highest BCUT2D eigenvalue weighted by atomic mass is 32.2. The molecule has 2 aromatic rings. The van der Waals surface area contributed by atoms with Gasteiger partial charge >= 0.3 is 0 Å². The Kier molecular flexibility index (Phi) is 4.03. The van der Waals surface area contributed by atoms with Gasteiger partial charge in [0.2, 0.25) is 10.0 Å². The van der Waals surface area contributed by atoms with Gasteiger partial charge < -0.3 is 11.1 Å². The maximum Gasteiger partial charge on any atom is 0.238 e. The molecular formula is C11H14N4O2S2. The lowest BCUT2D eigenvalue weighted by Gasteiger charge is -2.08. The standard InChI is InChI=1S/C11H14N4O2S2/c12-8-5-9(7-10(6-8)19(13,16)17)14-2-1-11-15-3-4-18-11/h3-7,14H,1-2,12H2,(H2,13,16,17). The molecule has 0 saturated carbocycles. The van der Waals surface area contributed by atoms with Gasteiger partial charge in [-0.15, -0.1) is 11.3 Å². The van der Waals surface area contributed by atoms with Crippen LogP contribution in [-0.4, -0.2) is 19.9 Å². The van der Waals surface area contributed by atoms with Crippen LogP contribution in [0, 0.1) is 0 Å². The van der Waals surface area contributed by atoms with Crippen molar-refractivity contribution in [3.05, 3.63) is 34.8 Å². The average molecular weight is 298 g/mol. The van der Waals surface area contributed by atoms with Crippen molar-refractivity contribution in [2.75, 3.05) is 17.6 Å². The summed E-state index contributed by atoms with van der Waals surface area (Å²) >= 11 is 1.58. The molecular weight excluding hydrogens is 284 g/mol. The molecule has 8 heteroatoms. The fraction of sp³-hybridized carbons (Fsp3) is 0.182. The summed E-state index contributed by atoms with van der Waals surface area (Å²) < 4.78 is 22.6. The van der Waals surface area contributed by atoms with Gasteiger partial charge in [0.05, 0.1) is 9.90 Å². The van der Waals surface area contributed by atoms with Gasteiger partial charge in [0.25, 0.3) is 0 Å². The molecule has 0 aliphatic carbocycles. The number of thiazole rings is 1. The van der Waals surface area contributed by atoms with E-state index in [2.05, 4.69) is 10.3 Å².